The van der Waals surface area contributed by atoms with E-state index in [1.54, 1.807) is 23.9 Å². The lowest BCUT2D eigenvalue weighted by Gasteiger charge is -2.10. The molecule has 3 aromatic carbocycles. The first-order valence-corrected chi connectivity index (χ1v) is 10.0. The minimum atomic E-state index is -0.105. The average Bonchev–Trinajstić information content (AvgIpc) is 2.71. The lowest BCUT2D eigenvalue weighted by Crippen LogP contribution is -2.25. The average molecular weight is 398 g/mol. The minimum absolute atomic E-state index is 0.105. The van der Waals surface area contributed by atoms with E-state index >= 15 is 0 Å². The smallest absolute Gasteiger partial charge is 0.251 e. The Hall–Kier alpha value is -2.43. The molecule has 0 bridgehead atoms. The summed E-state index contributed by atoms with van der Waals surface area (Å²) >= 11 is 7.86. The molecule has 0 aliphatic carbocycles. The van der Waals surface area contributed by atoms with E-state index in [9.17, 15) is 4.79 Å². The van der Waals surface area contributed by atoms with E-state index in [0.717, 1.165) is 11.3 Å². The summed E-state index contributed by atoms with van der Waals surface area (Å²) < 4.78 is 5.78. The van der Waals surface area contributed by atoms with Crippen LogP contribution in [0.1, 0.15) is 15.9 Å². The SMILES string of the molecule is O=C(NCCSc1ccccc1)c1cccc(OCc2ccccc2Cl)c1. The summed E-state index contributed by atoms with van der Waals surface area (Å²) in [5.41, 5.74) is 1.49. The molecule has 0 saturated carbocycles. The summed E-state index contributed by atoms with van der Waals surface area (Å²) in [5, 5.41) is 3.61. The van der Waals surface area contributed by atoms with Gasteiger partial charge in [0, 0.05) is 33.3 Å². The number of halogens is 1. The molecule has 0 aliphatic rings. The first-order chi connectivity index (χ1) is 13.2. The predicted octanol–water partition coefficient (Wildman–Crippen LogP) is 5.44. The Kier molecular flexibility index (Phi) is 7.19. The number of amides is 1. The van der Waals surface area contributed by atoms with Crippen LogP contribution in [0.2, 0.25) is 5.02 Å². The van der Waals surface area contributed by atoms with Crippen molar-refractivity contribution >= 4 is 29.3 Å². The molecule has 0 aliphatic heterocycles. The van der Waals surface area contributed by atoms with Gasteiger partial charge in [0.25, 0.3) is 5.91 Å². The van der Waals surface area contributed by atoms with Crippen LogP contribution < -0.4 is 10.1 Å². The Balaban J connectivity index is 1.49. The second-order valence-electron chi connectivity index (χ2n) is 5.83. The summed E-state index contributed by atoms with van der Waals surface area (Å²) in [5.74, 6) is 1.35. The molecule has 0 atom stereocenters. The van der Waals surface area contributed by atoms with Crippen LogP contribution in [0.25, 0.3) is 0 Å². The second-order valence-corrected chi connectivity index (χ2v) is 7.40. The Morgan fingerprint density at radius 3 is 2.56 bits per heavy atom. The van der Waals surface area contributed by atoms with Gasteiger partial charge in [-0.1, -0.05) is 54.1 Å². The largest absolute Gasteiger partial charge is 0.489 e. The van der Waals surface area contributed by atoms with E-state index in [2.05, 4.69) is 17.4 Å². The van der Waals surface area contributed by atoms with Gasteiger partial charge in [0.2, 0.25) is 0 Å². The molecule has 5 heteroatoms. The molecular weight excluding hydrogens is 378 g/mol. The summed E-state index contributed by atoms with van der Waals surface area (Å²) in [4.78, 5) is 13.5. The third-order valence-corrected chi connectivity index (χ3v) is 5.23. The molecule has 3 nitrogen and oxygen atoms in total. The van der Waals surface area contributed by atoms with Gasteiger partial charge in [-0.3, -0.25) is 4.79 Å². The molecule has 1 N–H and O–H groups in total. The topological polar surface area (TPSA) is 38.3 Å². The van der Waals surface area contributed by atoms with Gasteiger partial charge in [0.1, 0.15) is 12.4 Å². The molecule has 1 amide bonds. The fourth-order valence-corrected chi connectivity index (χ4v) is 3.44. The van der Waals surface area contributed by atoms with Crippen molar-refractivity contribution in [3.63, 3.8) is 0 Å². The number of nitrogens with one attached hydrogen (secondary N) is 1. The summed E-state index contributed by atoms with van der Waals surface area (Å²) in [6.07, 6.45) is 0. The first kappa shape index (κ1) is 19.3. The molecule has 0 heterocycles. The number of hydrogen-bond acceptors (Lipinski definition) is 3. The Bertz CT molecular complexity index is 886. The molecule has 0 spiro atoms. The molecule has 0 unspecified atom stereocenters. The Morgan fingerprint density at radius 2 is 1.74 bits per heavy atom. The number of benzene rings is 3. The highest BCUT2D eigenvalue weighted by molar-refractivity contribution is 7.99. The highest BCUT2D eigenvalue weighted by Gasteiger charge is 2.07. The van der Waals surface area contributed by atoms with Crippen LogP contribution in [0.5, 0.6) is 5.75 Å². The normalized spacial score (nSPS) is 10.4. The number of rotatable bonds is 8. The lowest BCUT2D eigenvalue weighted by atomic mass is 10.2. The monoisotopic (exact) mass is 397 g/mol. The number of hydrogen-bond donors (Lipinski definition) is 1. The highest BCUT2D eigenvalue weighted by Crippen LogP contribution is 2.20. The summed E-state index contributed by atoms with van der Waals surface area (Å²) in [7, 11) is 0. The maximum atomic E-state index is 12.3. The molecule has 3 aromatic rings. The van der Waals surface area contributed by atoms with Crippen molar-refractivity contribution < 1.29 is 9.53 Å². The van der Waals surface area contributed by atoms with Gasteiger partial charge in [-0.15, -0.1) is 11.8 Å². The van der Waals surface area contributed by atoms with Crippen LogP contribution in [0.15, 0.2) is 83.8 Å². The number of ether oxygens (including phenoxy) is 1. The molecule has 0 saturated heterocycles. The van der Waals surface area contributed by atoms with Crippen molar-refractivity contribution in [2.75, 3.05) is 12.3 Å². The quantitative estimate of drug-likeness (QED) is 0.406. The summed E-state index contributed by atoms with van der Waals surface area (Å²) in [6.45, 7) is 0.960. The Labute approximate surface area is 168 Å². The van der Waals surface area contributed by atoms with Crippen LogP contribution in [-0.4, -0.2) is 18.2 Å². The van der Waals surface area contributed by atoms with E-state index in [1.807, 2.05) is 54.6 Å². The van der Waals surface area contributed by atoms with Gasteiger partial charge in [0.15, 0.2) is 0 Å². The van der Waals surface area contributed by atoms with Gasteiger partial charge in [-0.05, 0) is 36.4 Å². The van der Waals surface area contributed by atoms with Crippen LogP contribution in [-0.2, 0) is 6.61 Å². The lowest BCUT2D eigenvalue weighted by molar-refractivity contribution is 0.0955. The van der Waals surface area contributed by atoms with Crippen molar-refractivity contribution in [3.8, 4) is 5.75 Å². The number of carbonyl (C=O) groups is 1. The van der Waals surface area contributed by atoms with E-state index in [-0.39, 0.29) is 5.91 Å². The van der Waals surface area contributed by atoms with E-state index in [4.69, 9.17) is 16.3 Å². The molecular formula is C22H20ClNO2S. The molecule has 138 valence electrons. The summed E-state index contributed by atoms with van der Waals surface area (Å²) in [6, 6.07) is 24.9. The zero-order chi connectivity index (χ0) is 18.9. The molecule has 3 rings (SSSR count). The van der Waals surface area contributed by atoms with Crippen molar-refractivity contribution in [1.82, 2.24) is 5.32 Å². The molecule has 0 fully saturated rings. The highest BCUT2D eigenvalue weighted by atomic mass is 35.5. The van der Waals surface area contributed by atoms with Gasteiger partial charge < -0.3 is 10.1 Å². The molecule has 0 radical (unpaired) electrons. The second kappa shape index (κ2) is 10.0. The number of carbonyl (C=O) groups excluding carboxylic acids is 1. The van der Waals surface area contributed by atoms with E-state index < -0.39 is 0 Å². The first-order valence-electron chi connectivity index (χ1n) is 8.65. The van der Waals surface area contributed by atoms with Crippen molar-refractivity contribution in [2.24, 2.45) is 0 Å². The third kappa shape index (κ3) is 6.05. The van der Waals surface area contributed by atoms with Crippen LogP contribution >= 0.6 is 23.4 Å². The van der Waals surface area contributed by atoms with Crippen LogP contribution in [0.4, 0.5) is 0 Å². The van der Waals surface area contributed by atoms with Crippen LogP contribution in [0, 0.1) is 0 Å². The van der Waals surface area contributed by atoms with E-state index in [1.165, 1.54) is 4.90 Å². The van der Waals surface area contributed by atoms with Crippen molar-refractivity contribution in [2.45, 2.75) is 11.5 Å². The standard InChI is InChI=1S/C22H20ClNO2S/c23-21-12-5-4-7-18(21)16-26-19-9-6-8-17(15-19)22(25)24-13-14-27-20-10-2-1-3-11-20/h1-12,15H,13-14,16H2,(H,24,25). The fourth-order valence-electron chi connectivity index (χ4n) is 2.46. The minimum Gasteiger partial charge on any atom is -0.489 e. The molecule has 0 aromatic heterocycles. The van der Waals surface area contributed by atoms with Gasteiger partial charge in [-0.25, -0.2) is 0 Å². The predicted molar refractivity (Wildman–Crippen MR) is 112 cm³/mol. The fraction of sp³-hybridized carbons (Fsp3) is 0.136. The zero-order valence-electron chi connectivity index (χ0n) is 14.7. The molecule has 27 heavy (non-hydrogen) atoms. The Morgan fingerprint density at radius 1 is 0.963 bits per heavy atom. The van der Waals surface area contributed by atoms with Gasteiger partial charge >= 0.3 is 0 Å². The maximum Gasteiger partial charge on any atom is 0.251 e. The van der Waals surface area contributed by atoms with Crippen molar-refractivity contribution in [3.05, 3.63) is 95.0 Å². The zero-order valence-corrected chi connectivity index (χ0v) is 16.3. The van der Waals surface area contributed by atoms with Crippen molar-refractivity contribution in [1.29, 1.82) is 0 Å². The van der Waals surface area contributed by atoms with Crippen LogP contribution in [0.3, 0.4) is 0 Å². The van der Waals surface area contributed by atoms with E-state index in [0.29, 0.717) is 29.5 Å². The number of thioether (sulfide) groups is 1. The maximum absolute atomic E-state index is 12.3. The van der Waals surface area contributed by atoms with Gasteiger partial charge in [0.05, 0.1) is 0 Å². The third-order valence-electron chi connectivity index (χ3n) is 3.85. The van der Waals surface area contributed by atoms with Gasteiger partial charge in [-0.2, -0.15) is 0 Å².